The van der Waals surface area contributed by atoms with Gasteiger partial charge in [0, 0.05) is 45.6 Å². The Morgan fingerprint density at radius 1 is 0.184 bits per heavy atom. The van der Waals surface area contributed by atoms with Crippen LogP contribution in [0.3, 0.4) is 0 Å². The maximum Gasteiger partial charge on any atom is 0.488 e. The molecule has 3 radical (unpaired) electrons. The van der Waals surface area contributed by atoms with Crippen LogP contribution in [0.5, 0.6) is 0 Å². The molecule has 2 heterocycles. The molecule has 4 nitrogen and oxygen atoms in total. The summed E-state index contributed by atoms with van der Waals surface area (Å²) in [5, 5.41) is 49.2. The minimum Gasteiger partial charge on any atom is -0.455 e. The summed E-state index contributed by atoms with van der Waals surface area (Å²) in [5.41, 5.74) is 20.5. The van der Waals surface area contributed by atoms with E-state index in [1.165, 1.54) is 140 Å². The van der Waals surface area contributed by atoms with Crippen molar-refractivity contribution in [3.63, 3.8) is 0 Å². The second-order valence-electron chi connectivity index (χ2n) is 36.1. The summed E-state index contributed by atoms with van der Waals surface area (Å²) in [6, 6.07) is 193. The largest absolute Gasteiger partial charge is 0.488 e. The zero-order valence-electron chi connectivity index (χ0n) is 77.1. The number of para-hydroxylation sites is 2. The minimum atomic E-state index is -2.69. The molecule has 141 heavy (non-hydrogen) atoms. The van der Waals surface area contributed by atoms with Crippen LogP contribution >= 0.6 is 15.9 Å². The quantitative estimate of drug-likeness (QED) is 0.0575. The van der Waals surface area contributed by atoms with Gasteiger partial charge in [-0.25, -0.2) is 0 Å². The summed E-state index contributed by atoms with van der Waals surface area (Å²) in [5.74, 6) is 0. The predicted molar refractivity (Wildman–Crippen MR) is 607 cm³/mol. The number of hydrogen-bond donors (Lipinski definition) is 2. The van der Waals surface area contributed by atoms with Crippen LogP contribution in [0, 0.1) is 0 Å². The van der Waals surface area contributed by atoms with E-state index in [4.69, 9.17) is 8.83 Å². The van der Waals surface area contributed by atoms with E-state index in [2.05, 4.69) is 513 Å². The number of rotatable bonds is 16. The van der Waals surface area contributed by atoms with Crippen molar-refractivity contribution in [2.75, 3.05) is 0 Å². The molecule has 26 rings (SSSR count). The average molecular weight is 1900 g/mol. The van der Waals surface area contributed by atoms with Gasteiger partial charge < -0.3 is 18.9 Å². The fourth-order valence-corrected chi connectivity index (χ4v) is 32.1. The number of furan rings is 2. The molecule has 2 N–H and O–H groups in total. The summed E-state index contributed by atoms with van der Waals surface area (Å²) in [6.45, 7) is 0. The van der Waals surface area contributed by atoms with Crippen LogP contribution in [-0.4, -0.2) is 41.7 Å². The van der Waals surface area contributed by atoms with E-state index >= 15 is 0 Å². The zero-order chi connectivity index (χ0) is 93.6. The summed E-state index contributed by atoms with van der Waals surface area (Å²) < 4.78 is 14.2. The van der Waals surface area contributed by atoms with Gasteiger partial charge in [0.2, 0.25) is 0 Å². The van der Waals surface area contributed by atoms with E-state index in [1.54, 1.807) is 12.1 Å². The SMILES string of the molecule is Brc1cc(-c2ccc([Si](c3ccccc3)(c3ccccc3)c3ccccc3)cc2)c2oc3ccccc3c2c1.OB(O)c1ccc(-c2c3ccccc3c(-c3cccc4ccccc34)c3ccccc23)cc1.[B].c1ccc([Si](c2ccccc2)(c2ccccc2)c2ccc(-c3cc(-c4ccc(-c5c6ccccc6c(-c6cccc7ccccc67)c6ccccc56)cc4)cc4c3oc3ccccc34)cc2)cc1. The Hall–Kier alpha value is -16.6. The van der Waals surface area contributed by atoms with Crippen molar-refractivity contribution in [3.8, 4) is 77.9 Å². The van der Waals surface area contributed by atoms with E-state index < -0.39 is 23.3 Å². The first-order valence-electron chi connectivity index (χ1n) is 47.7. The van der Waals surface area contributed by atoms with Crippen molar-refractivity contribution in [1.29, 1.82) is 0 Å². The number of fused-ring (bicyclic) bond motifs is 12. The first-order chi connectivity index (χ1) is 69.2. The highest BCUT2D eigenvalue weighted by molar-refractivity contribution is 9.10. The molecule has 0 aliphatic carbocycles. The van der Waals surface area contributed by atoms with Gasteiger partial charge in [0.25, 0.3) is 0 Å². The van der Waals surface area contributed by atoms with Crippen molar-refractivity contribution < 1.29 is 18.9 Å². The molecule has 2 aromatic heterocycles. The highest BCUT2D eigenvalue weighted by Crippen LogP contribution is 2.49. The van der Waals surface area contributed by atoms with Crippen LogP contribution in [-0.2, 0) is 0 Å². The molecule has 26 aromatic rings. The molecule has 0 aliphatic heterocycles. The van der Waals surface area contributed by atoms with Crippen LogP contribution in [0.15, 0.2) is 547 Å². The summed E-state index contributed by atoms with van der Waals surface area (Å²) in [6.07, 6.45) is 0. The molecule has 0 bridgehead atoms. The molecule has 0 fully saturated rings. The molecule has 0 aliphatic rings. The van der Waals surface area contributed by atoms with E-state index in [0.29, 0.717) is 5.46 Å². The Bertz CT molecular complexity index is 8810. The van der Waals surface area contributed by atoms with Crippen molar-refractivity contribution in [1.82, 2.24) is 0 Å². The van der Waals surface area contributed by atoms with Crippen LogP contribution in [0.1, 0.15) is 0 Å². The fourth-order valence-electron chi connectivity index (χ4n) is 22.1. The molecule has 663 valence electrons. The van der Waals surface area contributed by atoms with Gasteiger partial charge in [-0.3, -0.25) is 0 Å². The van der Waals surface area contributed by atoms with E-state index in [-0.39, 0.29) is 8.41 Å². The van der Waals surface area contributed by atoms with Crippen molar-refractivity contribution >= 4 is 203 Å². The molecule has 0 saturated carbocycles. The number of halogens is 1. The van der Waals surface area contributed by atoms with Gasteiger partial charge in [-0.15, -0.1) is 0 Å². The Balaban J connectivity index is 0.000000128. The lowest BCUT2D eigenvalue weighted by Gasteiger charge is -2.34. The highest BCUT2D eigenvalue weighted by atomic mass is 79.9. The lowest BCUT2D eigenvalue weighted by atomic mass is 9.79. The van der Waals surface area contributed by atoms with Gasteiger partial charge >= 0.3 is 7.12 Å². The first-order valence-corrected chi connectivity index (χ1v) is 52.5. The van der Waals surface area contributed by atoms with Crippen LogP contribution in [0.4, 0.5) is 0 Å². The van der Waals surface area contributed by atoms with Crippen LogP contribution < -0.4 is 47.0 Å². The Kier molecular flexibility index (Phi) is 23.9. The molecule has 24 aromatic carbocycles. The van der Waals surface area contributed by atoms with Gasteiger partial charge in [-0.1, -0.05) is 513 Å². The smallest absolute Gasteiger partial charge is 0.455 e. The molecule has 0 unspecified atom stereocenters. The standard InChI is InChI=1S/C66H44OSi.C36H25BrOSi.C30H21BO2.B/c1-4-21-50(22-5-1)68(51-23-6-2-7-24-51,52-25-8-3-9-26-52)53-41-39-47(40-42-53)61-43-49(44-62-55-28-16-17-34-63(55)67-66(61)62)45-35-37-48(38-36-45)64-57-29-12-14-31-59(57)65(60-32-15-13-30-58(60)64)56-33-18-20-46-19-10-11-27-54(46)56;37-27-24-33(36-34(25-27)32-18-10-11-19-35(32)38-36)26-20-22-31(23-21-26)39(28-12-4-1-5-13-28,29-14-6-2-7-15-29)30-16-8-3-9-17-30;32-31(33)22-18-16-21(17-19-22)29-25-11-3-5-13-27(25)30(28-14-6-4-12-26(28)29)24-15-7-9-20-8-1-2-10-23(20)24;/h1-44H;1-25H;1-19,32-33H;. The predicted octanol–water partition coefficient (Wildman–Crippen LogP) is 28.3. The van der Waals surface area contributed by atoms with Gasteiger partial charge in [0.05, 0.1) is 0 Å². The third-order valence-electron chi connectivity index (χ3n) is 28.4. The Morgan fingerprint density at radius 2 is 0.440 bits per heavy atom. The minimum absolute atomic E-state index is 0. The molecular weight excluding hydrogens is 1810 g/mol. The van der Waals surface area contributed by atoms with Crippen molar-refractivity contribution in [2.45, 2.75) is 0 Å². The lowest BCUT2D eigenvalue weighted by molar-refractivity contribution is 0.426. The molecule has 9 heteroatoms. The monoisotopic (exact) mass is 1900 g/mol. The zero-order valence-corrected chi connectivity index (χ0v) is 80.6. The molecular formula is C132H90B2BrO4Si2. The lowest BCUT2D eigenvalue weighted by Crippen LogP contribution is -2.74. The van der Waals surface area contributed by atoms with E-state index in [9.17, 15) is 10.0 Å². The molecule has 0 atom stereocenters. The maximum absolute atomic E-state index is 9.53. The van der Waals surface area contributed by atoms with E-state index in [0.717, 1.165) is 92.9 Å². The van der Waals surface area contributed by atoms with Gasteiger partial charge in [0.15, 0.2) is 16.1 Å². The second-order valence-corrected chi connectivity index (χ2v) is 44.6. The molecule has 0 saturated heterocycles. The third kappa shape index (κ3) is 15.8. The summed E-state index contributed by atoms with van der Waals surface area (Å²) >= 11 is 3.75. The average Bonchev–Trinajstić information content (AvgIpc) is 0.771. The summed E-state index contributed by atoms with van der Waals surface area (Å²) in [7, 11) is -6.71. The normalized spacial score (nSPS) is 11.6. The molecule has 0 spiro atoms. The molecule has 0 amide bonds. The second kappa shape index (κ2) is 38.1. The third-order valence-corrected chi connectivity index (χ3v) is 38.5. The van der Waals surface area contributed by atoms with Crippen molar-refractivity contribution in [2.24, 2.45) is 0 Å². The van der Waals surface area contributed by atoms with Crippen LogP contribution in [0.25, 0.3) is 186 Å². The number of benzene rings is 24. The van der Waals surface area contributed by atoms with Crippen LogP contribution in [0.2, 0.25) is 0 Å². The summed E-state index contributed by atoms with van der Waals surface area (Å²) in [4.78, 5) is 0. The highest BCUT2D eigenvalue weighted by Gasteiger charge is 2.43. The maximum atomic E-state index is 9.53. The van der Waals surface area contributed by atoms with Crippen molar-refractivity contribution in [3.05, 3.63) is 538 Å². The van der Waals surface area contributed by atoms with Gasteiger partial charge in [0.1, 0.15) is 22.3 Å². The topological polar surface area (TPSA) is 66.7 Å². The number of hydrogen-bond acceptors (Lipinski definition) is 4. The Labute approximate surface area is 831 Å². The van der Waals surface area contributed by atoms with Gasteiger partial charge in [-0.2, -0.15) is 0 Å². The fraction of sp³-hybridized carbons (Fsp3) is 0. The first kappa shape index (κ1) is 88.4. The van der Waals surface area contributed by atoms with Gasteiger partial charge in [-0.05, 0) is 215 Å². The Morgan fingerprint density at radius 3 is 0.780 bits per heavy atom. The van der Waals surface area contributed by atoms with E-state index in [1.807, 2.05) is 24.3 Å².